The predicted molar refractivity (Wildman–Crippen MR) is 77.2 cm³/mol. The summed E-state index contributed by atoms with van der Waals surface area (Å²) in [5, 5.41) is 3.10. The number of rotatable bonds is 3. The van der Waals surface area contributed by atoms with Crippen LogP contribution in [-0.2, 0) is 0 Å². The molecule has 2 bridgehead atoms. The number of nitrogens with zero attached hydrogens (tertiary/aromatic N) is 1. The molecule has 1 aromatic heterocycles. The second-order valence-electron chi connectivity index (χ2n) is 6.16. The second-order valence-corrected chi connectivity index (χ2v) is 6.16. The van der Waals surface area contributed by atoms with Gasteiger partial charge in [0, 0.05) is 17.3 Å². The molecule has 0 saturated heterocycles. The second kappa shape index (κ2) is 4.38. The third kappa shape index (κ3) is 2.11. The molecule has 1 aromatic carbocycles. The zero-order valence-electron chi connectivity index (χ0n) is 11.5. The van der Waals surface area contributed by atoms with Crippen LogP contribution < -0.4 is 5.32 Å². The van der Waals surface area contributed by atoms with Gasteiger partial charge in [0.25, 0.3) is 5.91 Å². The van der Waals surface area contributed by atoms with Crippen molar-refractivity contribution in [2.24, 2.45) is 5.92 Å². The topological polar surface area (TPSA) is 42.0 Å². The number of carbonyl (C=O) groups is 1. The van der Waals surface area contributed by atoms with Gasteiger partial charge in [-0.3, -0.25) is 9.78 Å². The lowest BCUT2D eigenvalue weighted by Gasteiger charge is -2.61. The third-order valence-electron chi connectivity index (χ3n) is 4.56. The summed E-state index contributed by atoms with van der Waals surface area (Å²) < 4.78 is 13.2. The van der Waals surface area contributed by atoms with Crippen LogP contribution in [0.3, 0.4) is 0 Å². The molecule has 4 heteroatoms. The van der Waals surface area contributed by atoms with Crippen LogP contribution in [0.1, 0.15) is 29.6 Å². The van der Waals surface area contributed by atoms with Crippen molar-refractivity contribution in [1.82, 2.24) is 10.3 Å². The van der Waals surface area contributed by atoms with Gasteiger partial charge in [-0.2, -0.15) is 0 Å². The normalized spacial score (nSPS) is 25.7. The van der Waals surface area contributed by atoms with E-state index in [1.165, 1.54) is 12.1 Å². The molecular weight excluding hydrogens is 267 g/mol. The van der Waals surface area contributed by atoms with Crippen LogP contribution in [0.5, 0.6) is 0 Å². The van der Waals surface area contributed by atoms with E-state index < -0.39 is 0 Å². The van der Waals surface area contributed by atoms with Crippen LogP contribution in [-0.4, -0.2) is 16.4 Å². The van der Waals surface area contributed by atoms with Crippen LogP contribution >= 0.6 is 0 Å². The minimum atomic E-state index is -0.292. The average molecular weight is 282 g/mol. The van der Waals surface area contributed by atoms with Crippen molar-refractivity contribution in [1.29, 1.82) is 0 Å². The van der Waals surface area contributed by atoms with Crippen molar-refractivity contribution in [2.75, 3.05) is 0 Å². The quantitative estimate of drug-likeness (QED) is 0.939. The highest BCUT2D eigenvalue weighted by Gasteiger charge is 2.57. The largest absolute Gasteiger partial charge is 0.347 e. The fraction of sp³-hybridized carbons (Fsp3) is 0.294. The highest BCUT2D eigenvalue weighted by atomic mass is 19.1. The summed E-state index contributed by atoms with van der Waals surface area (Å²) in [4.78, 5) is 16.4. The molecule has 0 radical (unpaired) electrons. The molecule has 1 amide bonds. The molecule has 3 fully saturated rings. The number of benzene rings is 1. The molecule has 2 aromatic rings. The number of carbonyl (C=O) groups excluding carboxylic acids is 1. The van der Waals surface area contributed by atoms with Crippen molar-refractivity contribution < 1.29 is 9.18 Å². The Bertz CT molecular complexity index is 694. The Labute approximate surface area is 122 Å². The van der Waals surface area contributed by atoms with Gasteiger partial charge in [0.15, 0.2) is 0 Å². The number of amides is 1. The van der Waals surface area contributed by atoms with Gasteiger partial charge in [-0.25, -0.2) is 4.39 Å². The Hall–Kier alpha value is -2.23. The van der Waals surface area contributed by atoms with E-state index in [2.05, 4.69) is 10.3 Å². The zero-order chi connectivity index (χ0) is 14.4. The Balaban J connectivity index is 1.51. The van der Waals surface area contributed by atoms with E-state index in [0.29, 0.717) is 16.8 Å². The fourth-order valence-electron chi connectivity index (χ4n) is 3.29. The molecule has 3 aliphatic rings. The molecule has 0 unspecified atom stereocenters. The Morgan fingerprint density at radius 3 is 2.62 bits per heavy atom. The molecule has 21 heavy (non-hydrogen) atoms. The average Bonchev–Trinajstić information content (AvgIpc) is 2.41. The van der Waals surface area contributed by atoms with Crippen molar-refractivity contribution in [3.05, 3.63) is 54.0 Å². The van der Waals surface area contributed by atoms with E-state index in [0.717, 1.165) is 25.2 Å². The molecule has 0 atom stereocenters. The summed E-state index contributed by atoms with van der Waals surface area (Å²) >= 11 is 0. The zero-order valence-corrected chi connectivity index (χ0v) is 11.5. The van der Waals surface area contributed by atoms with Gasteiger partial charge in [-0.1, -0.05) is 12.1 Å². The van der Waals surface area contributed by atoms with E-state index in [1.54, 1.807) is 30.5 Å². The molecule has 0 aliphatic heterocycles. The van der Waals surface area contributed by atoms with Crippen molar-refractivity contribution in [3.63, 3.8) is 0 Å². The van der Waals surface area contributed by atoms with Crippen LogP contribution in [0.2, 0.25) is 0 Å². The third-order valence-corrected chi connectivity index (χ3v) is 4.56. The molecule has 5 rings (SSSR count). The number of nitrogens with one attached hydrogen (secondary N) is 1. The predicted octanol–water partition coefficient (Wildman–Crippen LogP) is 3.17. The van der Waals surface area contributed by atoms with Crippen LogP contribution in [0, 0.1) is 11.7 Å². The van der Waals surface area contributed by atoms with Gasteiger partial charge >= 0.3 is 0 Å². The Kier molecular flexibility index (Phi) is 2.61. The van der Waals surface area contributed by atoms with Gasteiger partial charge in [0.05, 0.1) is 11.3 Å². The highest BCUT2D eigenvalue weighted by Crippen LogP contribution is 2.56. The number of aromatic nitrogens is 1. The minimum Gasteiger partial charge on any atom is -0.347 e. The number of hydrogen-bond acceptors (Lipinski definition) is 2. The maximum atomic E-state index is 13.2. The number of halogens is 1. The fourth-order valence-corrected chi connectivity index (χ4v) is 3.29. The molecule has 3 nitrogen and oxygen atoms in total. The highest BCUT2D eigenvalue weighted by molar-refractivity contribution is 5.95. The maximum Gasteiger partial charge on any atom is 0.253 e. The van der Waals surface area contributed by atoms with E-state index in [9.17, 15) is 9.18 Å². The summed E-state index contributed by atoms with van der Waals surface area (Å²) in [7, 11) is 0. The minimum absolute atomic E-state index is 0.0635. The lowest BCUT2D eigenvalue weighted by Crippen LogP contribution is -2.68. The first-order chi connectivity index (χ1) is 10.1. The standard InChI is InChI=1S/C17H15FN2O/c18-14-3-1-2-12(6-14)15-5-4-13(10-19-15)16(21)20-17-7-11(8-17)9-17/h1-6,10-11H,7-9H2,(H,20,21). The summed E-state index contributed by atoms with van der Waals surface area (Å²) in [5.74, 6) is 0.477. The van der Waals surface area contributed by atoms with Crippen molar-refractivity contribution >= 4 is 5.91 Å². The van der Waals surface area contributed by atoms with Crippen LogP contribution in [0.15, 0.2) is 42.6 Å². The van der Waals surface area contributed by atoms with Crippen molar-refractivity contribution in [3.8, 4) is 11.3 Å². The number of hydrogen-bond donors (Lipinski definition) is 1. The lowest BCUT2D eigenvalue weighted by molar-refractivity contribution is -0.0438. The van der Waals surface area contributed by atoms with E-state index in [1.807, 2.05) is 0 Å². The van der Waals surface area contributed by atoms with E-state index >= 15 is 0 Å². The van der Waals surface area contributed by atoms with Gasteiger partial charge in [0.1, 0.15) is 5.82 Å². The summed E-state index contributed by atoms with van der Waals surface area (Å²) in [6.07, 6.45) is 4.91. The summed E-state index contributed by atoms with van der Waals surface area (Å²) in [5.41, 5.74) is 2.00. The smallest absolute Gasteiger partial charge is 0.253 e. The summed E-state index contributed by atoms with van der Waals surface area (Å²) in [6.45, 7) is 0. The van der Waals surface area contributed by atoms with Crippen LogP contribution in [0.25, 0.3) is 11.3 Å². The van der Waals surface area contributed by atoms with E-state index in [4.69, 9.17) is 0 Å². The molecule has 3 saturated carbocycles. The molecular formula is C17H15FN2O. The van der Waals surface area contributed by atoms with Crippen LogP contribution in [0.4, 0.5) is 4.39 Å². The Morgan fingerprint density at radius 1 is 1.24 bits per heavy atom. The number of pyridine rings is 1. The monoisotopic (exact) mass is 282 g/mol. The maximum absolute atomic E-state index is 13.2. The van der Waals surface area contributed by atoms with E-state index in [-0.39, 0.29) is 17.3 Å². The molecule has 1 N–H and O–H groups in total. The lowest BCUT2D eigenvalue weighted by atomic mass is 9.50. The SMILES string of the molecule is O=C(NC12CC(C1)C2)c1ccc(-c2cccc(F)c2)nc1. The first-order valence-corrected chi connectivity index (χ1v) is 7.18. The van der Waals surface area contributed by atoms with Gasteiger partial charge in [0.2, 0.25) is 0 Å². The molecule has 0 spiro atoms. The van der Waals surface area contributed by atoms with Gasteiger partial charge < -0.3 is 5.32 Å². The van der Waals surface area contributed by atoms with Gasteiger partial charge in [-0.05, 0) is 49.4 Å². The first-order valence-electron chi connectivity index (χ1n) is 7.18. The van der Waals surface area contributed by atoms with Crippen molar-refractivity contribution in [2.45, 2.75) is 24.8 Å². The molecule has 106 valence electrons. The summed E-state index contributed by atoms with van der Waals surface area (Å²) in [6, 6.07) is 9.78. The molecule has 3 aliphatic carbocycles. The molecule has 1 heterocycles. The first kappa shape index (κ1) is 12.5. The Morgan fingerprint density at radius 2 is 2.05 bits per heavy atom. The van der Waals surface area contributed by atoms with Gasteiger partial charge in [-0.15, -0.1) is 0 Å².